The molecule has 0 spiro atoms. The Morgan fingerprint density at radius 2 is 2.00 bits per heavy atom. The Hall–Kier alpha value is -1.85. The molecule has 0 saturated carbocycles. The minimum absolute atomic E-state index is 0.0530. The Morgan fingerprint density at radius 3 is 2.67 bits per heavy atom. The third-order valence-corrected chi connectivity index (χ3v) is 3.78. The molecule has 0 fully saturated rings. The van der Waals surface area contributed by atoms with E-state index in [0.29, 0.717) is 5.69 Å². The molecule has 0 bridgehead atoms. The summed E-state index contributed by atoms with van der Waals surface area (Å²) in [5, 5.41) is 1.93. The van der Waals surface area contributed by atoms with Crippen LogP contribution < -0.4 is 11.1 Å². The van der Waals surface area contributed by atoms with Crippen LogP contribution in [0.5, 0.6) is 0 Å². The zero-order valence-electron chi connectivity index (χ0n) is 11.8. The molecule has 0 aromatic heterocycles. The van der Waals surface area contributed by atoms with Gasteiger partial charge in [-0.25, -0.2) is 4.79 Å². The van der Waals surface area contributed by atoms with E-state index >= 15 is 0 Å². The fourth-order valence-corrected chi connectivity index (χ4v) is 2.59. The van der Waals surface area contributed by atoms with Crippen molar-refractivity contribution in [3.63, 3.8) is 0 Å². The Kier molecular flexibility index (Phi) is 5.36. The molecule has 0 amide bonds. The van der Waals surface area contributed by atoms with Crippen LogP contribution in [-0.2, 0) is 9.53 Å². The maximum absolute atomic E-state index is 11.4. The fourth-order valence-electron chi connectivity index (χ4n) is 2.22. The summed E-state index contributed by atoms with van der Waals surface area (Å²) in [6.45, 7) is 0.238. The lowest BCUT2D eigenvalue weighted by atomic mass is 9.97. The molecule has 110 valence electrons. The predicted molar refractivity (Wildman–Crippen MR) is 85.6 cm³/mol. The highest BCUT2D eigenvalue weighted by Crippen LogP contribution is 2.26. The molecule has 2 aromatic carbocycles. The minimum atomic E-state index is -0.260. The zero-order valence-corrected chi connectivity index (χ0v) is 13.3. The summed E-state index contributed by atoms with van der Waals surface area (Å²) in [5.74, 6) is -0.260. The number of methoxy groups -OCH3 is 1. The van der Waals surface area contributed by atoms with E-state index in [1.165, 1.54) is 7.11 Å². The van der Waals surface area contributed by atoms with E-state index in [-0.39, 0.29) is 18.6 Å². The summed E-state index contributed by atoms with van der Waals surface area (Å²) in [6, 6.07) is 15.7. The molecule has 0 heterocycles. The highest BCUT2D eigenvalue weighted by Gasteiger charge is 2.21. The van der Waals surface area contributed by atoms with Gasteiger partial charge in [0.25, 0.3) is 0 Å². The monoisotopic (exact) mass is 349 g/mol. The van der Waals surface area contributed by atoms with E-state index in [0.717, 1.165) is 15.6 Å². The highest BCUT2D eigenvalue weighted by molar-refractivity contribution is 9.10. The summed E-state index contributed by atoms with van der Waals surface area (Å²) in [4.78, 5) is 11.4. The normalized spacial score (nSPS) is 11.9. The summed E-state index contributed by atoms with van der Waals surface area (Å²) >= 11 is 3.47. The van der Waals surface area contributed by atoms with Crippen molar-refractivity contribution in [2.75, 3.05) is 19.4 Å². The molecule has 0 radical (unpaired) electrons. The van der Waals surface area contributed by atoms with Crippen molar-refractivity contribution in [3.05, 3.63) is 64.1 Å². The van der Waals surface area contributed by atoms with Gasteiger partial charge in [0.1, 0.15) is 6.04 Å². The predicted octanol–water partition coefficient (Wildman–Crippen LogP) is 1.86. The molecule has 4 N–H and O–H groups in total. The first-order chi connectivity index (χ1) is 10.1. The van der Waals surface area contributed by atoms with Gasteiger partial charge in [-0.05, 0) is 18.2 Å². The van der Waals surface area contributed by atoms with Crippen LogP contribution >= 0.6 is 15.9 Å². The number of quaternary nitrogens is 1. The van der Waals surface area contributed by atoms with E-state index in [9.17, 15) is 4.79 Å². The molecule has 0 aliphatic rings. The molecule has 21 heavy (non-hydrogen) atoms. The molecular formula is C16H18BrN2O2+. The maximum atomic E-state index is 11.4. The van der Waals surface area contributed by atoms with Gasteiger partial charge in [-0.2, -0.15) is 0 Å². The second-order valence-electron chi connectivity index (χ2n) is 4.68. The molecule has 2 rings (SSSR count). The van der Waals surface area contributed by atoms with Crippen LogP contribution in [0.3, 0.4) is 0 Å². The van der Waals surface area contributed by atoms with Crippen LogP contribution in [0.1, 0.15) is 17.2 Å². The van der Waals surface area contributed by atoms with E-state index in [1.54, 1.807) is 0 Å². The lowest BCUT2D eigenvalue weighted by Gasteiger charge is -2.18. The Bertz CT molecular complexity index is 617. The van der Waals surface area contributed by atoms with Crippen LogP contribution in [0.4, 0.5) is 5.69 Å². The van der Waals surface area contributed by atoms with Crippen LogP contribution in [0, 0.1) is 0 Å². The number of carbonyl (C=O) groups is 1. The first-order valence-electron chi connectivity index (χ1n) is 6.62. The largest absolute Gasteiger partial charge is 0.465 e. The topological polar surface area (TPSA) is 68.9 Å². The van der Waals surface area contributed by atoms with Crippen molar-refractivity contribution in [1.29, 1.82) is 0 Å². The number of halogens is 1. The van der Waals surface area contributed by atoms with E-state index in [1.807, 2.05) is 53.8 Å². The number of esters is 1. The third-order valence-electron chi connectivity index (χ3n) is 3.29. The molecule has 2 aromatic rings. The molecule has 0 saturated heterocycles. The van der Waals surface area contributed by atoms with Crippen LogP contribution in [0.15, 0.2) is 53.0 Å². The number of nitrogen functional groups attached to an aromatic ring is 1. The number of hydrogen-bond acceptors (Lipinski definition) is 3. The number of rotatable bonds is 5. The first-order valence-corrected chi connectivity index (χ1v) is 7.41. The van der Waals surface area contributed by atoms with Gasteiger partial charge in [0.2, 0.25) is 0 Å². The van der Waals surface area contributed by atoms with Crippen molar-refractivity contribution < 1.29 is 14.8 Å². The van der Waals surface area contributed by atoms with Gasteiger partial charge in [-0.1, -0.05) is 46.3 Å². The summed E-state index contributed by atoms with van der Waals surface area (Å²) < 4.78 is 5.67. The van der Waals surface area contributed by atoms with Gasteiger partial charge in [0, 0.05) is 21.3 Å². The Morgan fingerprint density at radius 1 is 1.29 bits per heavy atom. The van der Waals surface area contributed by atoms with Gasteiger partial charge < -0.3 is 15.8 Å². The van der Waals surface area contributed by atoms with Crippen molar-refractivity contribution in [2.24, 2.45) is 0 Å². The number of carbonyl (C=O) groups excluding carboxylic acids is 1. The van der Waals surface area contributed by atoms with Gasteiger partial charge in [0.05, 0.1) is 7.11 Å². The number of benzene rings is 2. The van der Waals surface area contributed by atoms with Gasteiger partial charge >= 0.3 is 5.97 Å². The molecular weight excluding hydrogens is 332 g/mol. The van der Waals surface area contributed by atoms with E-state index < -0.39 is 0 Å². The number of hydrogen-bond donors (Lipinski definition) is 2. The Labute approximate surface area is 132 Å². The summed E-state index contributed by atoms with van der Waals surface area (Å²) in [6.07, 6.45) is 0. The zero-order chi connectivity index (χ0) is 15.2. The SMILES string of the molecule is COC(=O)C[NH2+][C@H](c1ccccc1)c1cc(Br)ccc1N. The first kappa shape index (κ1) is 15.5. The number of ether oxygens (including phenoxy) is 1. The third kappa shape index (κ3) is 4.06. The van der Waals surface area contributed by atoms with Crippen LogP contribution in [-0.4, -0.2) is 19.6 Å². The molecule has 5 heteroatoms. The smallest absolute Gasteiger partial charge is 0.361 e. The van der Waals surface area contributed by atoms with Gasteiger partial charge in [-0.15, -0.1) is 0 Å². The van der Waals surface area contributed by atoms with Crippen LogP contribution in [0.2, 0.25) is 0 Å². The van der Waals surface area contributed by atoms with Crippen LogP contribution in [0.25, 0.3) is 0 Å². The molecule has 1 atom stereocenters. The second-order valence-corrected chi connectivity index (χ2v) is 5.59. The highest BCUT2D eigenvalue weighted by atomic mass is 79.9. The standard InChI is InChI=1S/C16H17BrN2O2/c1-21-15(20)10-19-16(11-5-3-2-4-6-11)13-9-12(17)7-8-14(13)18/h2-9,16,19H,10,18H2,1H3/p+1/t16-/m1/s1. The molecule has 4 nitrogen and oxygen atoms in total. The van der Waals surface area contributed by atoms with E-state index in [2.05, 4.69) is 15.9 Å². The number of anilines is 1. The van der Waals surface area contributed by atoms with Crippen molar-refractivity contribution in [1.82, 2.24) is 0 Å². The van der Waals surface area contributed by atoms with Gasteiger partial charge in [-0.3, -0.25) is 0 Å². The molecule has 0 aliphatic heterocycles. The van der Waals surface area contributed by atoms with Gasteiger partial charge in [0.15, 0.2) is 6.54 Å². The van der Waals surface area contributed by atoms with E-state index in [4.69, 9.17) is 10.5 Å². The maximum Gasteiger partial charge on any atom is 0.361 e. The van der Waals surface area contributed by atoms with Crippen molar-refractivity contribution >= 4 is 27.6 Å². The van der Waals surface area contributed by atoms with Crippen molar-refractivity contribution in [3.8, 4) is 0 Å². The molecule has 0 unspecified atom stereocenters. The Balaban J connectivity index is 2.35. The fraction of sp³-hybridized carbons (Fsp3) is 0.188. The summed E-state index contributed by atoms with van der Waals surface area (Å²) in [7, 11) is 1.39. The summed E-state index contributed by atoms with van der Waals surface area (Å²) in [5.41, 5.74) is 8.87. The molecule has 0 aliphatic carbocycles. The average Bonchev–Trinajstić information content (AvgIpc) is 2.51. The van der Waals surface area contributed by atoms with Crippen molar-refractivity contribution in [2.45, 2.75) is 6.04 Å². The minimum Gasteiger partial charge on any atom is -0.465 e. The average molecular weight is 350 g/mol. The lowest BCUT2D eigenvalue weighted by molar-refractivity contribution is -0.677. The quantitative estimate of drug-likeness (QED) is 0.639. The lowest BCUT2D eigenvalue weighted by Crippen LogP contribution is -2.87. The number of nitrogens with two attached hydrogens (primary N) is 2. The second kappa shape index (κ2) is 7.24.